The average molecular weight is 346 g/mol. The SMILES string of the molecule is COc1cccc2c1nc(N)n2-c1c(C)cc(Br)cc1C. The quantitative estimate of drug-likeness (QED) is 0.763. The second-order valence-corrected chi connectivity index (χ2v) is 5.94. The molecule has 3 aromatic rings. The van der Waals surface area contributed by atoms with Gasteiger partial charge in [0.05, 0.1) is 18.3 Å². The van der Waals surface area contributed by atoms with E-state index in [1.54, 1.807) is 7.11 Å². The van der Waals surface area contributed by atoms with Crippen LogP contribution in [0.15, 0.2) is 34.8 Å². The Labute approximate surface area is 131 Å². The maximum atomic E-state index is 6.17. The summed E-state index contributed by atoms with van der Waals surface area (Å²) >= 11 is 3.53. The van der Waals surface area contributed by atoms with Crippen LogP contribution in [0.25, 0.3) is 16.7 Å². The van der Waals surface area contributed by atoms with Crippen molar-refractivity contribution >= 4 is 32.9 Å². The Bertz CT molecular complexity index is 816. The number of hydrogen-bond acceptors (Lipinski definition) is 3. The number of fused-ring (bicyclic) bond motifs is 1. The van der Waals surface area contributed by atoms with E-state index in [1.165, 1.54) is 0 Å². The maximum absolute atomic E-state index is 6.17. The number of benzene rings is 2. The van der Waals surface area contributed by atoms with E-state index >= 15 is 0 Å². The number of nitrogens with zero attached hydrogens (tertiary/aromatic N) is 2. The van der Waals surface area contributed by atoms with E-state index in [4.69, 9.17) is 10.5 Å². The van der Waals surface area contributed by atoms with Crippen molar-refractivity contribution < 1.29 is 4.74 Å². The molecule has 1 aromatic heterocycles. The van der Waals surface area contributed by atoms with Crippen LogP contribution in [0.1, 0.15) is 11.1 Å². The van der Waals surface area contributed by atoms with Crippen LogP contribution in [0.4, 0.5) is 5.95 Å². The monoisotopic (exact) mass is 345 g/mol. The molecule has 2 aromatic carbocycles. The lowest BCUT2D eigenvalue weighted by Gasteiger charge is -2.14. The summed E-state index contributed by atoms with van der Waals surface area (Å²) in [5.74, 6) is 1.19. The summed E-state index contributed by atoms with van der Waals surface area (Å²) < 4.78 is 8.41. The van der Waals surface area contributed by atoms with Gasteiger partial charge in [-0.05, 0) is 49.2 Å². The number of halogens is 1. The molecule has 0 aliphatic heterocycles. The van der Waals surface area contributed by atoms with Crippen LogP contribution >= 0.6 is 15.9 Å². The molecule has 0 unspecified atom stereocenters. The fourth-order valence-electron chi connectivity index (χ4n) is 2.75. The molecule has 5 heteroatoms. The minimum Gasteiger partial charge on any atom is -0.494 e. The lowest BCUT2D eigenvalue weighted by Crippen LogP contribution is -2.04. The van der Waals surface area contributed by atoms with Crippen molar-refractivity contribution in [3.8, 4) is 11.4 Å². The normalized spacial score (nSPS) is 11.0. The summed E-state index contributed by atoms with van der Waals surface area (Å²) in [6.07, 6.45) is 0. The van der Waals surface area contributed by atoms with Crippen molar-refractivity contribution in [1.82, 2.24) is 9.55 Å². The van der Waals surface area contributed by atoms with Gasteiger partial charge in [-0.15, -0.1) is 0 Å². The molecule has 0 amide bonds. The highest BCUT2D eigenvalue weighted by Crippen LogP contribution is 2.33. The smallest absolute Gasteiger partial charge is 0.206 e. The largest absolute Gasteiger partial charge is 0.494 e. The fourth-order valence-corrected chi connectivity index (χ4v) is 3.43. The van der Waals surface area contributed by atoms with Crippen LogP contribution in [0, 0.1) is 13.8 Å². The highest BCUT2D eigenvalue weighted by Gasteiger charge is 2.16. The topological polar surface area (TPSA) is 53.1 Å². The summed E-state index contributed by atoms with van der Waals surface area (Å²) in [5, 5.41) is 0. The number of methoxy groups -OCH3 is 1. The van der Waals surface area contributed by atoms with Gasteiger partial charge < -0.3 is 10.5 Å². The third-order valence-electron chi connectivity index (χ3n) is 3.57. The van der Waals surface area contributed by atoms with Crippen LogP contribution in [0.5, 0.6) is 5.75 Å². The molecule has 1 heterocycles. The van der Waals surface area contributed by atoms with Gasteiger partial charge in [0.1, 0.15) is 11.3 Å². The first-order valence-corrected chi connectivity index (χ1v) is 7.40. The number of para-hydroxylation sites is 1. The number of aromatic nitrogens is 2. The fraction of sp³-hybridized carbons (Fsp3) is 0.188. The van der Waals surface area contributed by atoms with Crippen molar-refractivity contribution in [3.05, 3.63) is 45.9 Å². The first-order chi connectivity index (χ1) is 10.0. The zero-order chi connectivity index (χ0) is 15.1. The number of anilines is 1. The number of nitrogen functional groups attached to an aromatic ring is 1. The Morgan fingerprint density at radius 1 is 1.19 bits per heavy atom. The first-order valence-electron chi connectivity index (χ1n) is 6.61. The highest BCUT2D eigenvalue weighted by molar-refractivity contribution is 9.10. The summed E-state index contributed by atoms with van der Waals surface area (Å²) in [4.78, 5) is 4.47. The molecule has 0 saturated heterocycles. The van der Waals surface area contributed by atoms with Crippen molar-refractivity contribution in [1.29, 1.82) is 0 Å². The molecule has 0 spiro atoms. The van der Waals surface area contributed by atoms with E-state index in [0.717, 1.165) is 38.1 Å². The number of hydrogen-bond donors (Lipinski definition) is 1. The number of imidazole rings is 1. The average Bonchev–Trinajstić information content (AvgIpc) is 2.74. The van der Waals surface area contributed by atoms with Crippen molar-refractivity contribution in [2.45, 2.75) is 13.8 Å². The molecule has 0 saturated carbocycles. The Morgan fingerprint density at radius 3 is 2.48 bits per heavy atom. The van der Waals surface area contributed by atoms with Crippen LogP contribution < -0.4 is 10.5 Å². The van der Waals surface area contributed by atoms with E-state index in [0.29, 0.717) is 5.95 Å². The van der Waals surface area contributed by atoms with Gasteiger partial charge in [0.25, 0.3) is 0 Å². The summed E-state index contributed by atoms with van der Waals surface area (Å²) in [6, 6.07) is 9.99. The van der Waals surface area contributed by atoms with Gasteiger partial charge >= 0.3 is 0 Å². The van der Waals surface area contributed by atoms with Gasteiger partial charge in [-0.3, -0.25) is 4.57 Å². The molecule has 0 aliphatic rings. The van der Waals surface area contributed by atoms with Crippen molar-refractivity contribution in [3.63, 3.8) is 0 Å². The summed E-state index contributed by atoms with van der Waals surface area (Å²) in [6.45, 7) is 4.14. The second-order valence-electron chi connectivity index (χ2n) is 5.02. The zero-order valence-corrected chi connectivity index (χ0v) is 13.7. The van der Waals surface area contributed by atoms with E-state index in [2.05, 4.69) is 46.9 Å². The molecule has 0 bridgehead atoms. The van der Waals surface area contributed by atoms with Crippen molar-refractivity contribution in [2.75, 3.05) is 12.8 Å². The van der Waals surface area contributed by atoms with Gasteiger partial charge in [0.2, 0.25) is 5.95 Å². The van der Waals surface area contributed by atoms with Crippen LogP contribution in [0.2, 0.25) is 0 Å². The molecular weight excluding hydrogens is 330 g/mol. The standard InChI is InChI=1S/C16H16BrN3O/c1-9-7-11(17)8-10(2)15(9)20-12-5-4-6-13(21-3)14(12)19-16(20)18/h4-8H,1-3H3,(H2,18,19). The molecule has 108 valence electrons. The predicted octanol–water partition coefficient (Wildman–Crippen LogP) is 4.00. The molecule has 0 aliphatic carbocycles. The van der Waals surface area contributed by atoms with Crippen LogP contribution in [-0.4, -0.2) is 16.7 Å². The molecule has 3 rings (SSSR count). The number of nitrogens with two attached hydrogens (primary N) is 1. The first kappa shape index (κ1) is 13.9. The Morgan fingerprint density at radius 2 is 1.86 bits per heavy atom. The summed E-state index contributed by atoms with van der Waals surface area (Å²) in [7, 11) is 1.64. The van der Waals surface area contributed by atoms with Gasteiger partial charge in [-0.2, -0.15) is 0 Å². The van der Waals surface area contributed by atoms with Gasteiger partial charge in [0.15, 0.2) is 0 Å². The number of rotatable bonds is 2. The van der Waals surface area contributed by atoms with Gasteiger partial charge in [0, 0.05) is 4.47 Å². The molecule has 4 nitrogen and oxygen atoms in total. The Balaban J connectivity index is 2.39. The van der Waals surface area contributed by atoms with Crippen LogP contribution in [0.3, 0.4) is 0 Å². The van der Waals surface area contributed by atoms with E-state index in [9.17, 15) is 0 Å². The number of ether oxygens (including phenoxy) is 1. The minimum atomic E-state index is 0.461. The van der Waals surface area contributed by atoms with Crippen molar-refractivity contribution in [2.24, 2.45) is 0 Å². The molecular formula is C16H16BrN3O. The van der Waals surface area contributed by atoms with E-state index in [-0.39, 0.29) is 0 Å². The van der Waals surface area contributed by atoms with E-state index in [1.807, 2.05) is 22.8 Å². The number of aryl methyl sites for hydroxylation is 2. The zero-order valence-electron chi connectivity index (χ0n) is 12.1. The Kier molecular flexibility index (Phi) is 3.37. The molecule has 21 heavy (non-hydrogen) atoms. The van der Waals surface area contributed by atoms with E-state index < -0.39 is 0 Å². The minimum absolute atomic E-state index is 0.461. The Hall–Kier alpha value is -2.01. The maximum Gasteiger partial charge on any atom is 0.206 e. The molecule has 0 radical (unpaired) electrons. The lowest BCUT2D eigenvalue weighted by molar-refractivity contribution is 0.419. The third-order valence-corrected chi connectivity index (χ3v) is 4.03. The molecule has 0 atom stereocenters. The van der Waals surface area contributed by atoms with Gasteiger partial charge in [-0.25, -0.2) is 4.98 Å². The highest BCUT2D eigenvalue weighted by atomic mass is 79.9. The predicted molar refractivity (Wildman–Crippen MR) is 89.2 cm³/mol. The van der Waals surface area contributed by atoms with Crippen LogP contribution in [-0.2, 0) is 0 Å². The molecule has 0 fully saturated rings. The summed E-state index contributed by atoms with van der Waals surface area (Å²) in [5.41, 5.74) is 11.2. The lowest BCUT2D eigenvalue weighted by atomic mass is 10.1. The van der Waals surface area contributed by atoms with Gasteiger partial charge in [-0.1, -0.05) is 22.0 Å². The second kappa shape index (κ2) is 5.07. The third kappa shape index (κ3) is 2.17. The molecule has 2 N–H and O–H groups in total.